The third-order valence-electron chi connectivity index (χ3n) is 1.86. The molecule has 2 aromatic rings. The van der Waals surface area contributed by atoms with Crippen LogP contribution in [0.4, 0.5) is 0 Å². The fraction of sp³-hybridized carbons (Fsp3) is 0.444. The van der Waals surface area contributed by atoms with Crippen molar-refractivity contribution in [2.24, 2.45) is 0 Å². The maximum atomic E-state index is 5.07. The predicted molar refractivity (Wildman–Crippen MR) is 48.3 cm³/mol. The lowest BCUT2D eigenvalue weighted by Gasteiger charge is -2.13. The summed E-state index contributed by atoms with van der Waals surface area (Å²) in [5, 5.41) is 4.89. The zero-order chi connectivity index (χ0) is 9.47. The maximum Gasteiger partial charge on any atom is 0.261 e. The lowest BCUT2D eigenvalue weighted by atomic mass is 9.91. The van der Waals surface area contributed by atoms with E-state index in [1.54, 1.807) is 6.20 Å². The SMILES string of the molecule is CC(C)(C)c1noc2ncncc12. The van der Waals surface area contributed by atoms with E-state index >= 15 is 0 Å². The molecule has 0 N–H and O–H groups in total. The van der Waals surface area contributed by atoms with Crippen LogP contribution >= 0.6 is 0 Å². The molecule has 0 saturated carbocycles. The first-order valence-electron chi connectivity index (χ1n) is 4.15. The van der Waals surface area contributed by atoms with E-state index < -0.39 is 0 Å². The number of nitrogens with zero attached hydrogens (tertiary/aromatic N) is 3. The molecule has 0 unspecified atom stereocenters. The van der Waals surface area contributed by atoms with E-state index in [2.05, 4.69) is 35.9 Å². The zero-order valence-electron chi connectivity index (χ0n) is 7.90. The summed E-state index contributed by atoms with van der Waals surface area (Å²) in [4.78, 5) is 7.92. The summed E-state index contributed by atoms with van der Waals surface area (Å²) >= 11 is 0. The van der Waals surface area contributed by atoms with Gasteiger partial charge < -0.3 is 4.52 Å². The molecule has 0 amide bonds. The van der Waals surface area contributed by atoms with Gasteiger partial charge >= 0.3 is 0 Å². The molecule has 2 aromatic heterocycles. The fourth-order valence-electron chi connectivity index (χ4n) is 1.23. The van der Waals surface area contributed by atoms with Crippen molar-refractivity contribution >= 4 is 11.1 Å². The molecular weight excluding hydrogens is 166 g/mol. The van der Waals surface area contributed by atoms with Gasteiger partial charge in [0.25, 0.3) is 5.71 Å². The summed E-state index contributed by atoms with van der Waals surface area (Å²) in [6.07, 6.45) is 3.19. The lowest BCUT2D eigenvalue weighted by Crippen LogP contribution is -2.11. The van der Waals surface area contributed by atoms with Gasteiger partial charge in [-0.2, -0.15) is 4.98 Å². The first-order chi connectivity index (χ1) is 6.09. The largest absolute Gasteiger partial charge is 0.335 e. The van der Waals surface area contributed by atoms with Crippen molar-refractivity contribution in [2.75, 3.05) is 0 Å². The normalized spacial score (nSPS) is 12.2. The Hall–Kier alpha value is -1.45. The Labute approximate surface area is 76.0 Å². The Morgan fingerprint density at radius 2 is 2.08 bits per heavy atom. The zero-order valence-corrected chi connectivity index (χ0v) is 7.90. The third kappa shape index (κ3) is 1.28. The van der Waals surface area contributed by atoms with Crippen LogP contribution in [0.5, 0.6) is 0 Å². The topological polar surface area (TPSA) is 51.8 Å². The molecular formula is C9H11N3O. The van der Waals surface area contributed by atoms with Crippen LogP contribution in [0.1, 0.15) is 26.5 Å². The average Bonchev–Trinajstić information content (AvgIpc) is 2.45. The Bertz CT molecular complexity index is 428. The molecule has 0 aliphatic heterocycles. The first kappa shape index (κ1) is 8.16. The molecule has 2 heterocycles. The highest BCUT2D eigenvalue weighted by Crippen LogP contribution is 2.27. The fourth-order valence-corrected chi connectivity index (χ4v) is 1.23. The summed E-state index contributed by atoms with van der Waals surface area (Å²) in [5.41, 5.74) is 1.43. The molecule has 0 aliphatic carbocycles. The third-order valence-corrected chi connectivity index (χ3v) is 1.86. The second kappa shape index (κ2) is 2.52. The van der Waals surface area contributed by atoms with E-state index in [4.69, 9.17) is 4.52 Å². The minimum absolute atomic E-state index is 0.0318. The molecule has 0 spiro atoms. The van der Waals surface area contributed by atoms with Gasteiger partial charge in [0, 0.05) is 11.6 Å². The minimum atomic E-state index is -0.0318. The van der Waals surface area contributed by atoms with Crippen LogP contribution in [-0.4, -0.2) is 15.1 Å². The van der Waals surface area contributed by atoms with Crippen molar-refractivity contribution in [3.05, 3.63) is 18.2 Å². The Morgan fingerprint density at radius 3 is 2.77 bits per heavy atom. The molecule has 0 atom stereocenters. The van der Waals surface area contributed by atoms with E-state index in [9.17, 15) is 0 Å². The Kier molecular flexibility index (Phi) is 1.58. The highest BCUT2D eigenvalue weighted by atomic mass is 16.5. The van der Waals surface area contributed by atoms with Crippen LogP contribution in [-0.2, 0) is 5.41 Å². The van der Waals surface area contributed by atoms with Crippen LogP contribution in [0.3, 0.4) is 0 Å². The molecule has 13 heavy (non-hydrogen) atoms. The average molecular weight is 177 g/mol. The molecule has 68 valence electrons. The van der Waals surface area contributed by atoms with Crippen molar-refractivity contribution in [3.63, 3.8) is 0 Å². The van der Waals surface area contributed by atoms with Gasteiger partial charge in [0.2, 0.25) is 0 Å². The maximum absolute atomic E-state index is 5.07. The van der Waals surface area contributed by atoms with E-state index in [0.29, 0.717) is 5.71 Å². The van der Waals surface area contributed by atoms with Gasteiger partial charge in [-0.3, -0.25) is 0 Å². The van der Waals surface area contributed by atoms with E-state index in [1.165, 1.54) is 6.33 Å². The summed E-state index contributed by atoms with van der Waals surface area (Å²) < 4.78 is 5.07. The first-order valence-corrected chi connectivity index (χ1v) is 4.15. The van der Waals surface area contributed by atoms with Gasteiger partial charge in [-0.1, -0.05) is 25.9 Å². The van der Waals surface area contributed by atoms with Crippen molar-refractivity contribution in [1.82, 2.24) is 15.1 Å². The number of rotatable bonds is 0. The van der Waals surface area contributed by atoms with Gasteiger partial charge in [-0.15, -0.1) is 0 Å². The monoisotopic (exact) mass is 177 g/mol. The molecule has 0 fully saturated rings. The van der Waals surface area contributed by atoms with Crippen LogP contribution in [0.15, 0.2) is 17.0 Å². The van der Waals surface area contributed by atoms with Crippen LogP contribution in [0, 0.1) is 0 Å². The molecule has 0 aromatic carbocycles. The predicted octanol–water partition coefficient (Wildman–Crippen LogP) is 1.92. The van der Waals surface area contributed by atoms with Crippen molar-refractivity contribution in [2.45, 2.75) is 26.2 Å². The van der Waals surface area contributed by atoms with Crippen molar-refractivity contribution in [3.8, 4) is 0 Å². The Balaban J connectivity index is 2.72. The summed E-state index contributed by atoms with van der Waals surface area (Å²) in [7, 11) is 0. The quantitative estimate of drug-likeness (QED) is 0.616. The standard InChI is InChI=1S/C9H11N3O/c1-9(2,3)7-6-4-10-5-11-8(6)13-12-7/h4-5H,1-3H3. The number of aromatic nitrogens is 3. The molecule has 2 rings (SSSR count). The number of hydrogen-bond acceptors (Lipinski definition) is 4. The number of fused-ring (bicyclic) bond motifs is 1. The van der Waals surface area contributed by atoms with Gasteiger partial charge in [0.05, 0.1) is 5.39 Å². The van der Waals surface area contributed by atoms with Crippen LogP contribution in [0.2, 0.25) is 0 Å². The van der Waals surface area contributed by atoms with E-state index in [0.717, 1.165) is 11.1 Å². The van der Waals surface area contributed by atoms with Gasteiger partial charge in [0.1, 0.15) is 12.0 Å². The molecule has 0 bridgehead atoms. The second-order valence-electron chi connectivity index (χ2n) is 4.02. The second-order valence-corrected chi connectivity index (χ2v) is 4.02. The highest BCUT2D eigenvalue weighted by molar-refractivity contribution is 5.75. The smallest absolute Gasteiger partial charge is 0.261 e. The molecule has 4 nitrogen and oxygen atoms in total. The van der Waals surface area contributed by atoms with E-state index in [-0.39, 0.29) is 5.41 Å². The van der Waals surface area contributed by atoms with Gasteiger partial charge in [-0.05, 0) is 0 Å². The lowest BCUT2D eigenvalue weighted by molar-refractivity contribution is 0.414. The summed E-state index contributed by atoms with van der Waals surface area (Å²) in [6.45, 7) is 6.24. The van der Waals surface area contributed by atoms with Gasteiger partial charge in [-0.25, -0.2) is 4.98 Å². The molecule has 0 saturated heterocycles. The summed E-state index contributed by atoms with van der Waals surface area (Å²) in [6, 6.07) is 0. The van der Waals surface area contributed by atoms with Gasteiger partial charge in [0.15, 0.2) is 0 Å². The molecule has 4 heteroatoms. The van der Waals surface area contributed by atoms with Crippen LogP contribution in [0.25, 0.3) is 11.1 Å². The van der Waals surface area contributed by atoms with Crippen LogP contribution < -0.4 is 0 Å². The Morgan fingerprint density at radius 1 is 1.31 bits per heavy atom. The van der Waals surface area contributed by atoms with Crippen molar-refractivity contribution < 1.29 is 4.52 Å². The summed E-state index contributed by atoms with van der Waals surface area (Å²) in [5.74, 6) is 0. The van der Waals surface area contributed by atoms with E-state index in [1.807, 2.05) is 0 Å². The molecule has 0 aliphatic rings. The van der Waals surface area contributed by atoms with Crippen molar-refractivity contribution in [1.29, 1.82) is 0 Å². The number of hydrogen-bond donors (Lipinski definition) is 0. The minimum Gasteiger partial charge on any atom is -0.335 e. The molecule has 0 radical (unpaired) electrons. The highest BCUT2D eigenvalue weighted by Gasteiger charge is 2.22.